The van der Waals surface area contributed by atoms with Crippen molar-refractivity contribution in [2.24, 2.45) is 0 Å². The monoisotopic (exact) mass is 169 g/mol. The van der Waals surface area contributed by atoms with Crippen molar-refractivity contribution in [2.75, 3.05) is 0 Å². The normalized spacial score (nSPS) is 8.67. The zero-order valence-electron chi connectivity index (χ0n) is 7.97. The molecule has 68 valence electrons. The Morgan fingerprint density at radius 2 is 2.00 bits per heavy atom. The summed E-state index contributed by atoms with van der Waals surface area (Å²) in [5.74, 6) is 0. The van der Waals surface area contributed by atoms with Crippen molar-refractivity contribution in [1.82, 2.24) is 4.98 Å². The molecule has 0 N–H and O–H groups in total. The summed E-state index contributed by atoms with van der Waals surface area (Å²) in [6, 6.07) is 3.63. The van der Waals surface area contributed by atoms with E-state index in [1.165, 1.54) is 0 Å². The highest BCUT2D eigenvalue weighted by Gasteiger charge is 1.91. The number of hydrogen-bond acceptors (Lipinski definition) is 1. The maximum absolute atomic E-state index is 11.9. The zero-order chi connectivity index (χ0) is 9.40. The van der Waals surface area contributed by atoms with Crippen LogP contribution in [-0.2, 0) is 13.1 Å². The molecule has 0 bridgehead atoms. The highest BCUT2D eigenvalue weighted by molar-refractivity contribution is 5.13. The Kier molecular flexibility index (Phi) is 6.25. The SMILES string of the molecule is CC.CCc1ccc(CF)nc1. The van der Waals surface area contributed by atoms with E-state index in [-0.39, 0.29) is 0 Å². The first-order valence-electron chi connectivity index (χ1n) is 4.36. The minimum absolute atomic E-state index is 0.468. The number of pyridine rings is 1. The van der Waals surface area contributed by atoms with E-state index < -0.39 is 6.67 Å². The van der Waals surface area contributed by atoms with E-state index in [0.717, 1.165) is 12.0 Å². The molecule has 1 aromatic rings. The highest BCUT2D eigenvalue weighted by Crippen LogP contribution is 2.01. The molecule has 0 aliphatic heterocycles. The van der Waals surface area contributed by atoms with Gasteiger partial charge in [0.25, 0.3) is 0 Å². The van der Waals surface area contributed by atoms with Gasteiger partial charge in [0.1, 0.15) is 6.67 Å². The molecule has 0 amide bonds. The average molecular weight is 169 g/mol. The van der Waals surface area contributed by atoms with Gasteiger partial charge in [0, 0.05) is 6.20 Å². The molecule has 1 aromatic heterocycles. The predicted molar refractivity (Wildman–Crippen MR) is 49.8 cm³/mol. The van der Waals surface area contributed by atoms with Crippen LogP contribution >= 0.6 is 0 Å². The van der Waals surface area contributed by atoms with Crippen molar-refractivity contribution in [2.45, 2.75) is 33.9 Å². The quantitative estimate of drug-likeness (QED) is 0.662. The zero-order valence-corrected chi connectivity index (χ0v) is 7.97. The lowest BCUT2D eigenvalue weighted by Gasteiger charge is -1.95. The minimum atomic E-state index is -0.468. The molecule has 12 heavy (non-hydrogen) atoms. The van der Waals surface area contributed by atoms with Crippen molar-refractivity contribution in [1.29, 1.82) is 0 Å². The maximum atomic E-state index is 11.9. The molecule has 0 radical (unpaired) electrons. The molecule has 2 heteroatoms. The van der Waals surface area contributed by atoms with Crippen molar-refractivity contribution in [3.05, 3.63) is 29.6 Å². The number of hydrogen-bond donors (Lipinski definition) is 0. The first kappa shape index (κ1) is 11.1. The van der Waals surface area contributed by atoms with Gasteiger partial charge in [-0.1, -0.05) is 26.8 Å². The summed E-state index contributed by atoms with van der Waals surface area (Å²) in [5, 5.41) is 0. The molecule has 0 unspecified atom stereocenters. The summed E-state index contributed by atoms with van der Waals surface area (Å²) in [7, 11) is 0. The molecule has 0 fully saturated rings. The topological polar surface area (TPSA) is 12.9 Å². The number of alkyl halides is 1. The van der Waals surface area contributed by atoms with Crippen LogP contribution in [-0.4, -0.2) is 4.98 Å². The van der Waals surface area contributed by atoms with Gasteiger partial charge in [-0.05, 0) is 18.1 Å². The molecule has 0 saturated carbocycles. The minimum Gasteiger partial charge on any atom is -0.258 e. The number of aromatic nitrogens is 1. The lowest BCUT2D eigenvalue weighted by atomic mass is 10.2. The second kappa shape index (κ2) is 6.77. The van der Waals surface area contributed by atoms with Crippen LogP contribution in [0.5, 0.6) is 0 Å². The third kappa shape index (κ3) is 3.46. The Morgan fingerprint density at radius 1 is 1.33 bits per heavy atom. The van der Waals surface area contributed by atoms with Gasteiger partial charge in [-0.25, -0.2) is 4.39 Å². The van der Waals surface area contributed by atoms with E-state index in [1.54, 1.807) is 12.3 Å². The fourth-order valence-corrected chi connectivity index (χ4v) is 0.743. The number of rotatable bonds is 2. The van der Waals surface area contributed by atoms with Gasteiger partial charge in [-0.3, -0.25) is 4.98 Å². The Labute approximate surface area is 73.6 Å². The van der Waals surface area contributed by atoms with Crippen LogP contribution in [0, 0.1) is 0 Å². The Balaban J connectivity index is 0.000000561. The van der Waals surface area contributed by atoms with Gasteiger partial charge in [0.05, 0.1) is 5.69 Å². The van der Waals surface area contributed by atoms with E-state index in [0.29, 0.717) is 5.69 Å². The van der Waals surface area contributed by atoms with E-state index >= 15 is 0 Å². The van der Waals surface area contributed by atoms with E-state index in [4.69, 9.17) is 0 Å². The van der Waals surface area contributed by atoms with Crippen LogP contribution in [0.2, 0.25) is 0 Å². The molecule has 0 spiro atoms. The summed E-state index contributed by atoms with van der Waals surface area (Å²) >= 11 is 0. The van der Waals surface area contributed by atoms with E-state index in [1.807, 2.05) is 26.8 Å². The third-order valence-electron chi connectivity index (χ3n) is 1.43. The summed E-state index contributed by atoms with van der Waals surface area (Å²) < 4.78 is 11.9. The van der Waals surface area contributed by atoms with Crippen LogP contribution in [0.3, 0.4) is 0 Å². The number of nitrogens with zero attached hydrogens (tertiary/aromatic N) is 1. The lowest BCUT2D eigenvalue weighted by Crippen LogP contribution is -1.87. The fourth-order valence-electron chi connectivity index (χ4n) is 0.743. The average Bonchev–Trinajstić information content (AvgIpc) is 2.21. The summed E-state index contributed by atoms with van der Waals surface area (Å²) in [6.07, 6.45) is 2.68. The van der Waals surface area contributed by atoms with Gasteiger partial charge in [-0.15, -0.1) is 0 Å². The van der Waals surface area contributed by atoms with Crippen LogP contribution in [0.4, 0.5) is 4.39 Å². The standard InChI is InChI=1S/C8H10FN.C2H6/c1-2-7-3-4-8(5-9)10-6-7;1-2/h3-4,6H,2,5H2,1H3;1-2H3. The van der Waals surface area contributed by atoms with Gasteiger partial charge in [0.15, 0.2) is 0 Å². The van der Waals surface area contributed by atoms with E-state index in [2.05, 4.69) is 4.98 Å². The van der Waals surface area contributed by atoms with Gasteiger partial charge in [-0.2, -0.15) is 0 Å². The summed E-state index contributed by atoms with van der Waals surface area (Å²) in [4.78, 5) is 3.89. The molecular weight excluding hydrogens is 153 g/mol. The van der Waals surface area contributed by atoms with Crippen molar-refractivity contribution >= 4 is 0 Å². The number of aryl methyl sites for hydroxylation is 1. The second-order valence-corrected chi connectivity index (χ2v) is 2.14. The molecule has 0 aromatic carbocycles. The second-order valence-electron chi connectivity index (χ2n) is 2.14. The highest BCUT2D eigenvalue weighted by atomic mass is 19.1. The van der Waals surface area contributed by atoms with Crippen LogP contribution in [0.1, 0.15) is 32.0 Å². The molecule has 0 atom stereocenters. The smallest absolute Gasteiger partial charge is 0.131 e. The molecule has 0 aliphatic rings. The van der Waals surface area contributed by atoms with Gasteiger partial charge >= 0.3 is 0 Å². The van der Waals surface area contributed by atoms with E-state index in [9.17, 15) is 4.39 Å². The Hall–Kier alpha value is -0.920. The molecule has 0 saturated heterocycles. The number of halogens is 1. The van der Waals surface area contributed by atoms with Crippen LogP contribution in [0.15, 0.2) is 18.3 Å². The third-order valence-corrected chi connectivity index (χ3v) is 1.43. The lowest BCUT2D eigenvalue weighted by molar-refractivity contribution is 0.476. The van der Waals surface area contributed by atoms with Crippen LogP contribution in [0.25, 0.3) is 0 Å². The van der Waals surface area contributed by atoms with Gasteiger partial charge < -0.3 is 0 Å². The Morgan fingerprint density at radius 3 is 2.33 bits per heavy atom. The Bertz CT molecular complexity index is 170. The summed E-state index contributed by atoms with van der Waals surface area (Å²) in [6.45, 7) is 5.58. The first-order valence-corrected chi connectivity index (χ1v) is 4.36. The van der Waals surface area contributed by atoms with Crippen molar-refractivity contribution < 1.29 is 4.39 Å². The predicted octanol–water partition coefficient (Wildman–Crippen LogP) is 3.14. The van der Waals surface area contributed by atoms with Gasteiger partial charge in [0.2, 0.25) is 0 Å². The summed E-state index contributed by atoms with van der Waals surface area (Å²) in [5.41, 5.74) is 1.66. The molecule has 1 heterocycles. The fraction of sp³-hybridized carbons (Fsp3) is 0.500. The molecule has 1 rings (SSSR count). The molecular formula is C10H16FN. The van der Waals surface area contributed by atoms with Crippen molar-refractivity contribution in [3.8, 4) is 0 Å². The van der Waals surface area contributed by atoms with Crippen LogP contribution < -0.4 is 0 Å². The van der Waals surface area contributed by atoms with Crippen molar-refractivity contribution in [3.63, 3.8) is 0 Å². The molecule has 0 aliphatic carbocycles. The largest absolute Gasteiger partial charge is 0.258 e. The first-order chi connectivity index (χ1) is 5.86. The maximum Gasteiger partial charge on any atom is 0.131 e. The molecule has 1 nitrogen and oxygen atoms in total.